The van der Waals surface area contributed by atoms with Crippen molar-refractivity contribution in [2.75, 3.05) is 32.0 Å². The van der Waals surface area contributed by atoms with E-state index in [1.54, 1.807) is 0 Å². The maximum Gasteiger partial charge on any atom is 0.134 e. The van der Waals surface area contributed by atoms with Gasteiger partial charge in [0.2, 0.25) is 0 Å². The highest BCUT2D eigenvalue weighted by Crippen LogP contribution is 2.54. The summed E-state index contributed by atoms with van der Waals surface area (Å²) in [6.45, 7) is 19.7. The lowest BCUT2D eigenvalue weighted by Crippen LogP contribution is -2.33. The number of hydrogen-bond acceptors (Lipinski definition) is 4. The Kier molecular flexibility index (Phi) is 9.03. The van der Waals surface area contributed by atoms with E-state index in [0.29, 0.717) is 11.8 Å². The van der Waals surface area contributed by atoms with Crippen LogP contribution in [0.1, 0.15) is 97.6 Å². The molecule has 0 aromatic heterocycles. The van der Waals surface area contributed by atoms with Gasteiger partial charge in [-0.1, -0.05) is 60.3 Å². The molecule has 0 radical (unpaired) electrons. The molecule has 180 valence electrons. The molecule has 2 atom stereocenters. The van der Waals surface area contributed by atoms with Gasteiger partial charge >= 0.3 is 0 Å². The molecule has 2 unspecified atom stereocenters. The van der Waals surface area contributed by atoms with Crippen LogP contribution in [-0.4, -0.2) is 42.5 Å². The molecule has 0 N–H and O–H groups in total. The number of nitrogens with zero attached hydrogens (tertiary/aromatic N) is 1. The minimum atomic E-state index is -0.253. The molecule has 0 spiro atoms. The number of unbranched alkanes of at least 4 members (excludes halogenated alkanes) is 2. The number of likely N-dealkylation sites (N-methyl/N-ethyl adjacent to an activating group) is 1. The molecule has 0 fully saturated rings. The molecule has 3 nitrogen and oxygen atoms in total. The van der Waals surface area contributed by atoms with Crippen molar-refractivity contribution in [2.24, 2.45) is 5.92 Å². The second kappa shape index (κ2) is 11.3. The first-order chi connectivity index (χ1) is 15.3. The maximum absolute atomic E-state index is 6.64. The minimum absolute atomic E-state index is 0.253. The van der Waals surface area contributed by atoms with Crippen LogP contribution < -0.4 is 9.47 Å². The molecule has 0 aliphatic carbocycles. The van der Waals surface area contributed by atoms with Crippen molar-refractivity contribution in [3.05, 3.63) is 28.2 Å². The third kappa shape index (κ3) is 5.67. The second-order valence-electron chi connectivity index (χ2n) is 10.0. The van der Waals surface area contributed by atoms with E-state index >= 15 is 0 Å². The second-order valence-corrected chi connectivity index (χ2v) is 11.2. The van der Waals surface area contributed by atoms with Gasteiger partial charge in [-0.2, -0.15) is 0 Å². The van der Waals surface area contributed by atoms with E-state index in [0.717, 1.165) is 49.9 Å². The summed E-state index contributed by atoms with van der Waals surface area (Å²) in [4.78, 5) is 3.82. The smallest absolute Gasteiger partial charge is 0.134 e. The van der Waals surface area contributed by atoms with Crippen molar-refractivity contribution in [3.63, 3.8) is 0 Å². The lowest BCUT2D eigenvalue weighted by Gasteiger charge is -2.36. The lowest BCUT2D eigenvalue weighted by molar-refractivity contribution is 0.152. The average molecular weight is 460 g/mol. The zero-order valence-corrected chi connectivity index (χ0v) is 22.4. The quantitative estimate of drug-likeness (QED) is 0.298. The van der Waals surface area contributed by atoms with Gasteiger partial charge in [-0.3, -0.25) is 0 Å². The summed E-state index contributed by atoms with van der Waals surface area (Å²) < 4.78 is 13.2. The van der Waals surface area contributed by atoms with Crippen molar-refractivity contribution in [2.45, 2.75) is 92.1 Å². The van der Waals surface area contributed by atoms with Gasteiger partial charge in [0.1, 0.15) is 23.7 Å². The molecule has 2 heterocycles. The van der Waals surface area contributed by atoms with Crippen LogP contribution in [0.25, 0.3) is 5.57 Å². The molecular weight excluding hydrogens is 414 g/mol. The molecule has 1 aromatic rings. The van der Waals surface area contributed by atoms with Crippen LogP contribution in [-0.2, 0) is 0 Å². The average Bonchev–Trinajstić information content (AvgIpc) is 3.26. The minimum Gasteiger partial charge on any atom is -0.491 e. The van der Waals surface area contributed by atoms with Crippen molar-refractivity contribution in [1.29, 1.82) is 0 Å². The van der Waals surface area contributed by atoms with Crippen molar-refractivity contribution in [3.8, 4) is 11.5 Å². The Hall–Kier alpha value is -1.13. The summed E-state index contributed by atoms with van der Waals surface area (Å²) in [7, 11) is 0. The monoisotopic (exact) mass is 459 g/mol. The van der Waals surface area contributed by atoms with E-state index in [2.05, 4.69) is 65.5 Å². The van der Waals surface area contributed by atoms with Crippen LogP contribution in [0.15, 0.2) is 17.0 Å². The van der Waals surface area contributed by atoms with Crippen LogP contribution in [0.4, 0.5) is 0 Å². The molecule has 0 saturated carbocycles. The number of ether oxygens (including phenoxy) is 2. The molecule has 0 bridgehead atoms. The van der Waals surface area contributed by atoms with Gasteiger partial charge in [0.05, 0.1) is 5.56 Å². The summed E-state index contributed by atoms with van der Waals surface area (Å²) in [5, 5.41) is 0. The Morgan fingerprint density at radius 2 is 1.88 bits per heavy atom. The first kappa shape index (κ1) is 25.5. The fraction of sp³-hybridized carbons (Fsp3) is 0.714. The van der Waals surface area contributed by atoms with E-state index in [1.165, 1.54) is 47.3 Å². The fourth-order valence-electron chi connectivity index (χ4n) is 5.04. The zero-order chi connectivity index (χ0) is 23.3. The van der Waals surface area contributed by atoms with Crippen LogP contribution in [0.2, 0.25) is 0 Å². The van der Waals surface area contributed by atoms with Crippen LogP contribution in [0.3, 0.4) is 0 Å². The van der Waals surface area contributed by atoms with Gasteiger partial charge < -0.3 is 14.4 Å². The molecule has 3 rings (SSSR count). The number of fused-ring (bicyclic) bond motifs is 2. The molecule has 32 heavy (non-hydrogen) atoms. The Morgan fingerprint density at radius 3 is 2.56 bits per heavy atom. The van der Waals surface area contributed by atoms with E-state index in [9.17, 15) is 0 Å². The highest BCUT2D eigenvalue weighted by atomic mass is 32.2. The van der Waals surface area contributed by atoms with Gasteiger partial charge in [0, 0.05) is 17.2 Å². The molecule has 2 aliphatic rings. The third-order valence-electron chi connectivity index (χ3n) is 7.38. The van der Waals surface area contributed by atoms with Crippen molar-refractivity contribution >= 4 is 17.3 Å². The highest BCUT2D eigenvalue weighted by Gasteiger charge is 2.39. The molecule has 2 aliphatic heterocycles. The Bertz CT molecular complexity index is 797. The summed E-state index contributed by atoms with van der Waals surface area (Å²) in [6.07, 6.45) is 6.31. The van der Waals surface area contributed by atoms with Gasteiger partial charge in [-0.05, 0) is 68.5 Å². The summed E-state index contributed by atoms with van der Waals surface area (Å²) in [6, 6.07) is 4.65. The molecular formula is C28H45NO2S. The lowest BCUT2D eigenvalue weighted by atomic mass is 9.83. The largest absolute Gasteiger partial charge is 0.491 e. The molecule has 4 heteroatoms. The van der Waals surface area contributed by atoms with Crippen LogP contribution in [0, 0.1) is 5.92 Å². The number of hydrogen-bond donors (Lipinski definition) is 0. The maximum atomic E-state index is 6.64. The normalized spacial score (nSPS) is 18.9. The van der Waals surface area contributed by atoms with Gasteiger partial charge in [-0.25, -0.2) is 0 Å². The fourth-order valence-corrected chi connectivity index (χ4v) is 6.31. The summed E-state index contributed by atoms with van der Waals surface area (Å²) >= 11 is 1.96. The third-order valence-corrected chi connectivity index (χ3v) is 8.81. The predicted octanol–water partition coefficient (Wildman–Crippen LogP) is 7.75. The highest BCUT2D eigenvalue weighted by molar-refractivity contribution is 8.03. The van der Waals surface area contributed by atoms with Gasteiger partial charge in [0.15, 0.2) is 0 Å². The number of rotatable bonds is 12. The number of thioether (sulfide) groups is 1. The Balaban J connectivity index is 1.92. The first-order valence-electron chi connectivity index (χ1n) is 12.9. The molecule has 0 amide bonds. The summed E-state index contributed by atoms with van der Waals surface area (Å²) in [5.74, 6) is 4.34. The topological polar surface area (TPSA) is 21.7 Å². The molecule has 0 saturated heterocycles. The SMILES string of the molecule is CCCCCC(C)C(C)c1cc(OCCN(CC)CC)c2c(c1)OC(C)(C)C1=C2CCS1. The van der Waals surface area contributed by atoms with E-state index in [4.69, 9.17) is 9.47 Å². The molecule has 1 aromatic carbocycles. The Morgan fingerprint density at radius 1 is 1.12 bits per heavy atom. The van der Waals surface area contributed by atoms with Gasteiger partial charge in [0.25, 0.3) is 0 Å². The Labute approximate surface area is 201 Å². The van der Waals surface area contributed by atoms with E-state index < -0.39 is 0 Å². The van der Waals surface area contributed by atoms with Crippen molar-refractivity contribution in [1.82, 2.24) is 4.90 Å². The number of benzene rings is 1. The van der Waals surface area contributed by atoms with Crippen LogP contribution in [0.5, 0.6) is 11.5 Å². The predicted molar refractivity (Wildman–Crippen MR) is 140 cm³/mol. The first-order valence-corrected chi connectivity index (χ1v) is 13.9. The standard InChI is InChI=1S/C28H45NO2S/c1-8-11-12-13-20(4)21(5)22-18-24(30-16-15-29(9-2)10-3)26-23-14-17-32-27(23)28(6,7)31-25(26)19-22/h18-21H,8-17H2,1-7H3. The number of allylic oxidation sites excluding steroid dienone is 1. The van der Waals surface area contributed by atoms with E-state index in [1.807, 2.05) is 11.8 Å². The van der Waals surface area contributed by atoms with E-state index in [-0.39, 0.29) is 5.60 Å². The summed E-state index contributed by atoms with van der Waals surface area (Å²) in [5.41, 5.74) is 3.78. The van der Waals surface area contributed by atoms with Crippen LogP contribution >= 0.6 is 11.8 Å². The zero-order valence-electron chi connectivity index (χ0n) is 21.6. The van der Waals surface area contributed by atoms with Crippen molar-refractivity contribution < 1.29 is 9.47 Å². The van der Waals surface area contributed by atoms with Gasteiger partial charge in [-0.15, -0.1) is 11.8 Å².